The molecule has 5 nitrogen and oxygen atoms in total. The number of nitrogens with zero attached hydrogens (tertiary/aromatic N) is 1. The third-order valence-corrected chi connectivity index (χ3v) is 1.92. The van der Waals surface area contributed by atoms with Gasteiger partial charge in [-0.2, -0.15) is 0 Å². The van der Waals surface area contributed by atoms with E-state index in [1.165, 1.54) is 18.2 Å². The lowest BCUT2D eigenvalue weighted by Crippen LogP contribution is -2.25. The van der Waals surface area contributed by atoms with Gasteiger partial charge in [-0.25, -0.2) is 0 Å². The molecule has 0 heterocycles. The van der Waals surface area contributed by atoms with Gasteiger partial charge in [0.05, 0.1) is 11.5 Å². The summed E-state index contributed by atoms with van der Waals surface area (Å²) in [4.78, 5) is 21.6. The van der Waals surface area contributed by atoms with Crippen LogP contribution in [0, 0.1) is 10.1 Å². The Morgan fingerprint density at radius 2 is 2.12 bits per heavy atom. The average Bonchev–Trinajstić information content (AvgIpc) is 2.25. The van der Waals surface area contributed by atoms with Crippen molar-refractivity contribution in [3.63, 3.8) is 0 Å². The molecule has 0 aliphatic rings. The second-order valence-corrected chi connectivity index (χ2v) is 3.51. The molecule has 1 N–H and O–H groups in total. The maximum absolute atomic E-state index is 11.6. The highest BCUT2D eigenvalue weighted by Crippen LogP contribution is 2.17. The Kier molecular flexibility index (Phi) is 4.02. The molecule has 16 heavy (non-hydrogen) atoms. The highest BCUT2D eigenvalue weighted by molar-refractivity contribution is 6.29. The first-order chi connectivity index (χ1) is 7.52. The fraction of sp³-hybridized carbons (Fsp3) is 0.100. The molecule has 1 aromatic rings. The molecule has 0 fully saturated rings. The van der Waals surface area contributed by atoms with Crippen molar-refractivity contribution >= 4 is 23.2 Å². The Morgan fingerprint density at radius 3 is 2.69 bits per heavy atom. The molecule has 0 unspecified atom stereocenters. The van der Waals surface area contributed by atoms with Gasteiger partial charge in [-0.1, -0.05) is 30.3 Å². The van der Waals surface area contributed by atoms with Crippen LogP contribution in [0.4, 0.5) is 5.69 Å². The first-order valence-corrected chi connectivity index (χ1v) is 4.75. The van der Waals surface area contributed by atoms with E-state index in [0.717, 1.165) is 0 Å². The topological polar surface area (TPSA) is 72.2 Å². The van der Waals surface area contributed by atoms with Crippen LogP contribution >= 0.6 is 11.6 Å². The Bertz CT molecular complexity index is 445. The summed E-state index contributed by atoms with van der Waals surface area (Å²) in [5.41, 5.74) is -0.231. The van der Waals surface area contributed by atoms with E-state index in [1.807, 2.05) is 0 Å². The maximum Gasteiger partial charge on any atom is 0.282 e. The van der Waals surface area contributed by atoms with Crippen LogP contribution in [0.2, 0.25) is 0 Å². The molecule has 0 spiro atoms. The molecule has 0 radical (unpaired) electrons. The summed E-state index contributed by atoms with van der Waals surface area (Å²) in [7, 11) is 0. The Labute approximate surface area is 96.9 Å². The Balaban J connectivity index is 2.90. The number of carbonyl (C=O) groups is 1. The second-order valence-electron chi connectivity index (χ2n) is 2.97. The predicted octanol–water partition coefficient (Wildman–Crippen LogP) is 2.08. The van der Waals surface area contributed by atoms with Gasteiger partial charge in [-0.05, 0) is 6.07 Å². The molecule has 6 heteroatoms. The van der Waals surface area contributed by atoms with Crippen molar-refractivity contribution in [3.8, 4) is 0 Å². The highest BCUT2D eigenvalue weighted by atomic mass is 35.5. The van der Waals surface area contributed by atoms with Crippen LogP contribution in [0.25, 0.3) is 0 Å². The quantitative estimate of drug-likeness (QED) is 0.647. The Morgan fingerprint density at radius 1 is 1.50 bits per heavy atom. The smallest absolute Gasteiger partial charge is 0.282 e. The molecule has 0 aliphatic carbocycles. The number of hydrogen-bond acceptors (Lipinski definition) is 3. The summed E-state index contributed by atoms with van der Waals surface area (Å²) in [5, 5.41) is 13.3. The summed E-state index contributed by atoms with van der Waals surface area (Å²) < 4.78 is 0. The molecule has 84 valence electrons. The minimum absolute atomic E-state index is 0.00502. The summed E-state index contributed by atoms with van der Waals surface area (Å²) in [6.07, 6.45) is 0. The van der Waals surface area contributed by atoms with Gasteiger partial charge < -0.3 is 5.32 Å². The number of para-hydroxylation sites is 1. The molecule has 0 aromatic heterocycles. The molecule has 1 amide bonds. The minimum Gasteiger partial charge on any atom is -0.347 e. The van der Waals surface area contributed by atoms with E-state index in [-0.39, 0.29) is 22.8 Å². The molecule has 1 aromatic carbocycles. The van der Waals surface area contributed by atoms with Crippen LogP contribution in [0.1, 0.15) is 10.4 Å². The van der Waals surface area contributed by atoms with Crippen molar-refractivity contribution < 1.29 is 9.72 Å². The first kappa shape index (κ1) is 12.2. The Hall–Kier alpha value is -1.88. The second kappa shape index (κ2) is 5.27. The highest BCUT2D eigenvalue weighted by Gasteiger charge is 2.18. The SMILES string of the molecule is C=C(Cl)CNC(=O)c1ccccc1[N+](=O)[O-]. The van der Waals surface area contributed by atoms with E-state index in [9.17, 15) is 14.9 Å². The van der Waals surface area contributed by atoms with Gasteiger partial charge in [-0.15, -0.1) is 0 Å². The van der Waals surface area contributed by atoms with E-state index >= 15 is 0 Å². The zero-order valence-corrected chi connectivity index (χ0v) is 9.03. The third kappa shape index (κ3) is 3.06. The lowest BCUT2D eigenvalue weighted by Gasteiger charge is -2.04. The van der Waals surface area contributed by atoms with Crippen molar-refractivity contribution in [2.24, 2.45) is 0 Å². The fourth-order valence-electron chi connectivity index (χ4n) is 1.10. The largest absolute Gasteiger partial charge is 0.347 e. The van der Waals surface area contributed by atoms with Crippen LogP contribution in [-0.4, -0.2) is 17.4 Å². The number of hydrogen-bond donors (Lipinski definition) is 1. The van der Waals surface area contributed by atoms with Crippen LogP contribution in [0.15, 0.2) is 35.9 Å². The van der Waals surface area contributed by atoms with Crippen LogP contribution in [-0.2, 0) is 0 Å². The summed E-state index contributed by atoms with van der Waals surface area (Å²) in [6.45, 7) is 3.47. The monoisotopic (exact) mass is 240 g/mol. The van der Waals surface area contributed by atoms with Crippen LogP contribution in [0.3, 0.4) is 0 Å². The van der Waals surface area contributed by atoms with Gasteiger partial charge in [-0.3, -0.25) is 14.9 Å². The number of nitro groups is 1. The van der Waals surface area contributed by atoms with Crippen molar-refractivity contribution in [3.05, 3.63) is 51.6 Å². The molecule has 0 atom stereocenters. The zero-order chi connectivity index (χ0) is 12.1. The van der Waals surface area contributed by atoms with Gasteiger partial charge in [0.25, 0.3) is 11.6 Å². The lowest BCUT2D eigenvalue weighted by molar-refractivity contribution is -0.385. The maximum atomic E-state index is 11.6. The fourth-order valence-corrected chi connectivity index (χ4v) is 1.16. The predicted molar refractivity (Wildman–Crippen MR) is 60.4 cm³/mol. The third-order valence-electron chi connectivity index (χ3n) is 1.79. The molecule has 1 rings (SSSR count). The van der Waals surface area contributed by atoms with Crippen LogP contribution in [0.5, 0.6) is 0 Å². The number of halogens is 1. The summed E-state index contributed by atoms with van der Waals surface area (Å²) in [6, 6.07) is 5.70. The summed E-state index contributed by atoms with van der Waals surface area (Å²) >= 11 is 5.47. The molecule has 0 saturated carbocycles. The van der Waals surface area contributed by atoms with Crippen molar-refractivity contribution in [2.75, 3.05) is 6.54 Å². The van der Waals surface area contributed by atoms with E-state index < -0.39 is 10.8 Å². The van der Waals surface area contributed by atoms with E-state index in [4.69, 9.17) is 11.6 Å². The van der Waals surface area contributed by atoms with Crippen LogP contribution < -0.4 is 5.32 Å². The van der Waals surface area contributed by atoms with Gasteiger partial charge in [0.15, 0.2) is 0 Å². The van der Waals surface area contributed by atoms with E-state index in [1.54, 1.807) is 6.07 Å². The first-order valence-electron chi connectivity index (χ1n) is 4.37. The van der Waals surface area contributed by atoms with Gasteiger partial charge >= 0.3 is 0 Å². The van der Waals surface area contributed by atoms with Gasteiger partial charge in [0.2, 0.25) is 0 Å². The summed E-state index contributed by atoms with van der Waals surface area (Å²) in [5.74, 6) is -0.547. The lowest BCUT2D eigenvalue weighted by atomic mass is 10.1. The number of amides is 1. The number of nitrogens with one attached hydrogen (secondary N) is 1. The van der Waals surface area contributed by atoms with Gasteiger partial charge in [0, 0.05) is 11.1 Å². The molecule has 0 saturated heterocycles. The standard InChI is InChI=1S/C10H9ClN2O3/c1-7(11)6-12-10(14)8-4-2-3-5-9(8)13(15)16/h2-5H,1,6H2,(H,12,14). The average molecular weight is 241 g/mol. The molecular weight excluding hydrogens is 232 g/mol. The minimum atomic E-state index is -0.607. The van der Waals surface area contributed by atoms with E-state index in [0.29, 0.717) is 0 Å². The van der Waals surface area contributed by atoms with Crippen molar-refractivity contribution in [1.82, 2.24) is 5.32 Å². The molecular formula is C10H9ClN2O3. The molecule has 0 aliphatic heterocycles. The normalized spacial score (nSPS) is 9.56. The number of carbonyl (C=O) groups excluding carboxylic acids is 1. The number of rotatable bonds is 4. The van der Waals surface area contributed by atoms with Gasteiger partial charge in [0.1, 0.15) is 5.56 Å². The van der Waals surface area contributed by atoms with Crippen molar-refractivity contribution in [2.45, 2.75) is 0 Å². The zero-order valence-electron chi connectivity index (χ0n) is 8.27. The molecule has 0 bridgehead atoms. The number of nitro benzene ring substituents is 1. The van der Waals surface area contributed by atoms with E-state index in [2.05, 4.69) is 11.9 Å². The number of benzene rings is 1. The van der Waals surface area contributed by atoms with Crippen molar-refractivity contribution in [1.29, 1.82) is 0 Å².